The first-order valence-electron chi connectivity index (χ1n) is 9.98. The van der Waals surface area contributed by atoms with Gasteiger partial charge >= 0.3 is 0 Å². The van der Waals surface area contributed by atoms with Crippen molar-refractivity contribution in [2.45, 2.75) is 31.7 Å². The fourth-order valence-corrected chi connectivity index (χ4v) is 5.47. The van der Waals surface area contributed by atoms with Crippen molar-refractivity contribution in [1.29, 1.82) is 0 Å². The number of anilines is 1. The Kier molecular flexibility index (Phi) is 5.86. The number of fused-ring (bicyclic) bond motifs is 2. The molecule has 0 radical (unpaired) electrons. The van der Waals surface area contributed by atoms with E-state index in [2.05, 4.69) is 65.8 Å². The van der Waals surface area contributed by atoms with Gasteiger partial charge in [0.25, 0.3) is 0 Å². The van der Waals surface area contributed by atoms with Crippen LogP contribution in [0.3, 0.4) is 0 Å². The minimum atomic E-state index is -4.22. The van der Waals surface area contributed by atoms with E-state index in [1.54, 1.807) is 11.8 Å². The Balaban J connectivity index is 1.73. The third-order valence-corrected chi connectivity index (χ3v) is 7.12. The molecule has 1 aliphatic rings. The van der Waals surface area contributed by atoms with E-state index < -0.39 is 10.1 Å². The molecule has 7 heteroatoms. The average molecular weight is 441 g/mol. The van der Waals surface area contributed by atoms with Gasteiger partial charge in [-0.15, -0.1) is 0 Å². The molecule has 156 valence electrons. The normalized spacial score (nSPS) is 15.2. The summed E-state index contributed by atoms with van der Waals surface area (Å²) >= 11 is 1.67. The van der Waals surface area contributed by atoms with Gasteiger partial charge in [0.05, 0.1) is 20.8 Å². The van der Waals surface area contributed by atoms with Crippen molar-refractivity contribution in [1.82, 2.24) is 0 Å². The Morgan fingerprint density at radius 1 is 1.13 bits per heavy atom. The van der Waals surface area contributed by atoms with Gasteiger partial charge < -0.3 is 9.45 Å². The van der Waals surface area contributed by atoms with Crippen LogP contribution in [-0.4, -0.2) is 25.3 Å². The first kappa shape index (κ1) is 20.9. The maximum Gasteiger partial charge on any atom is 0.212 e. The molecular weight excluding hydrogens is 416 g/mol. The lowest BCUT2D eigenvalue weighted by molar-refractivity contribution is -0.669. The molecule has 0 fully saturated rings. The summed E-state index contributed by atoms with van der Waals surface area (Å²) in [5.41, 5.74) is 4.56. The molecule has 3 aromatic rings. The van der Waals surface area contributed by atoms with Gasteiger partial charge in [0.15, 0.2) is 0 Å². The third-order valence-electron chi connectivity index (χ3n) is 5.22. The number of pyridine rings is 1. The molecule has 2 aromatic carbocycles. The maximum atomic E-state index is 11.1. The zero-order valence-corrected chi connectivity index (χ0v) is 18.7. The first-order chi connectivity index (χ1) is 14.4. The van der Waals surface area contributed by atoms with Crippen LogP contribution < -0.4 is 9.47 Å². The van der Waals surface area contributed by atoms with E-state index in [4.69, 9.17) is 0 Å². The molecule has 2 heterocycles. The molecule has 0 saturated heterocycles. The van der Waals surface area contributed by atoms with Gasteiger partial charge in [-0.25, -0.2) is 8.42 Å². The molecular formula is C23H24N2O3S2. The van der Waals surface area contributed by atoms with Crippen LogP contribution in [-0.2, 0) is 16.7 Å². The van der Waals surface area contributed by atoms with Gasteiger partial charge in [-0.05, 0) is 44.5 Å². The van der Waals surface area contributed by atoms with E-state index in [9.17, 15) is 13.0 Å². The van der Waals surface area contributed by atoms with Crippen molar-refractivity contribution in [2.75, 3.05) is 17.2 Å². The molecule has 0 spiro atoms. The van der Waals surface area contributed by atoms with Crippen molar-refractivity contribution >= 4 is 44.5 Å². The maximum absolute atomic E-state index is 11.1. The molecule has 30 heavy (non-hydrogen) atoms. The largest absolute Gasteiger partial charge is 0.748 e. The van der Waals surface area contributed by atoms with Crippen molar-refractivity contribution in [3.05, 3.63) is 70.9 Å². The van der Waals surface area contributed by atoms with Crippen LogP contribution in [0, 0.1) is 6.92 Å². The fourth-order valence-electron chi connectivity index (χ4n) is 3.85. The summed E-state index contributed by atoms with van der Waals surface area (Å²) in [4.78, 5) is 3.25. The second-order valence-corrected chi connectivity index (χ2v) is 9.97. The van der Waals surface area contributed by atoms with Gasteiger partial charge in [-0.3, -0.25) is 0 Å². The standard InChI is InChI=1S/C23H24N2O3S2/c1-3-24-19(11-10-18-15-17(2)9-12-20(18)24)16-23-25(13-6-14-30(26,27)28)21-7-4-5-8-22(21)29-23/h4-5,7-12,15-16H,3,6,13-14H2,1-2H3. The lowest BCUT2D eigenvalue weighted by Crippen LogP contribution is -2.37. The molecule has 0 N–H and O–H groups in total. The van der Waals surface area contributed by atoms with Crippen LogP contribution in [0.5, 0.6) is 0 Å². The molecule has 0 unspecified atom stereocenters. The third kappa shape index (κ3) is 4.38. The Morgan fingerprint density at radius 2 is 1.93 bits per heavy atom. The Bertz CT molecular complexity index is 1240. The number of benzene rings is 2. The Labute approximate surface area is 181 Å². The summed E-state index contributed by atoms with van der Waals surface area (Å²) < 4.78 is 35.5. The zero-order chi connectivity index (χ0) is 21.3. The molecule has 0 atom stereocenters. The van der Waals surface area contributed by atoms with Crippen LogP contribution in [0.25, 0.3) is 17.0 Å². The Hall–Kier alpha value is -2.35. The molecule has 0 saturated carbocycles. The van der Waals surface area contributed by atoms with E-state index in [-0.39, 0.29) is 5.75 Å². The summed E-state index contributed by atoms with van der Waals surface area (Å²) in [6.45, 7) is 5.55. The Morgan fingerprint density at radius 3 is 2.70 bits per heavy atom. The summed E-state index contributed by atoms with van der Waals surface area (Å²) in [5.74, 6) is -0.353. The summed E-state index contributed by atoms with van der Waals surface area (Å²) in [7, 11) is -4.22. The van der Waals surface area contributed by atoms with Crippen molar-refractivity contribution in [2.24, 2.45) is 0 Å². The fraction of sp³-hybridized carbons (Fsp3) is 0.261. The van der Waals surface area contributed by atoms with E-state index in [1.807, 2.05) is 18.2 Å². The number of hydrogen-bond donors (Lipinski definition) is 0. The number of nitrogens with zero attached hydrogens (tertiary/aromatic N) is 2. The summed E-state index contributed by atoms with van der Waals surface area (Å²) in [6, 6.07) is 18.8. The van der Waals surface area contributed by atoms with Crippen LogP contribution in [0.15, 0.2) is 64.5 Å². The highest BCUT2D eigenvalue weighted by Crippen LogP contribution is 2.46. The predicted molar refractivity (Wildman–Crippen MR) is 121 cm³/mol. The lowest BCUT2D eigenvalue weighted by atomic mass is 10.1. The number of hydrogen-bond acceptors (Lipinski definition) is 5. The number of aromatic nitrogens is 1. The van der Waals surface area contributed by atoms with Crippen molar-refractivity contribution in [3.8, 4) is 0 Å². The topological polar surface area (TPSA) is 64.3 Å². The number of thioether (sulfide) groups is 1. The second kappa shape index (κ2) is 8.41. The molecule has 1 aliphatic heterocycles. The molecule has 5 nitrogen and oxygen atoms in total. The highest BCUT2D eigenvalue weighted by Gasteiger charge is 2.26. The summed E-state index contributed by atoms with van der Waals surface area (Å²) in [6.07, 6.45) is 2.45. The second-order valence-electron chi connectivity index (χ2n) is 7.38. The minimum Gasteiger partial charge on any atom is -0.748 e. The number of para-hydroxylation sites is 1. The average Bonchev–Trinajstić information content (AvgIpc) is 3.04. The van der Waals surface area contributed by atoms with E-state index in [0.29, 0.717) is 13.0 Å². The van der Waals surface area contributed by atoms with Gasteiger partial charge in [-0.2, -0.15) is 4.57 Å². The first-order valence-corrected chi connectivity index (χ1v) is 12.4. The van der Waals surface area contributed by atoms with Crippen LogP contribution >= 0.6 is 11.8 Å². The highest BCUT2D eigenvalue weighted by molar-refractivity contribution is 8.03. The van der Waals surface area contributed by atoms with E-state index in [0.717, 1.165) is 27.9 Å². The van der Waals surface area contributed by atoms with Gasteiger partial charge in [0, 0.05) is 40.8 Å². The van der Waals surface area contributed by atoms with E-state index >= 15 is 0 Å². The minimum absolute atomic E-state index is 0.294. The monoisotopic (exact) mass is 440 g/mol. The lowest BCUT2D eigenvalue weighted by Gasteiger charge is -2.20. The number of aryl methyl sites for hydroxylation is 2. The quantitative estimate of drug-likeness (QED) is 0.422. The molecule has 0 bridgehead atoms. The molecule has 4 rings (SSSR count). The summed E-state index contributed by atoms with van der Waals surface area (Å²) in [5, 5.41) is 2.24. The van der Waals surface area contributed by atoms with Gasteiger partial charge in [0.1, 0.15) is 6.54 Å². The SMILES string of the molecule is CC[n+]1c(C=C2Sc3ccccc3N2CCCS(=O)(=O)[O-])ccc2cc(C)ccc21. The predicted octanol–water partition coefficient (Wildman–Crippen LogP) is 4.30. The van der Waals surface area contributed by atoms with E-state index in [1.165, 1.54) is 16.5 Å². The number of rotatable bonds is 6. The van der Waals surface area contributed by atoms with Crippen molar-refractivity contribution in [3.63, 3.8) is 0 Å². The van der Waals surface area contributed by atoms with Crippen LogP contribution in [0.4, 0.5) is 5.69 Å². The zero-order valence-electron chi connectivity index (χ0n) is 17.0. The highest BCUT2D eigenvalue weighted by atomic mass is 32.2. The smallest absolute Gasteiger partial charge is 0.212 e. The van der Waals surface area contributed by atoms with Crippen LogP contribution in [0.1, 0.15) is 24.6 Å². The molecule has 0 amide bonds. The van der Waals surface area contributed by atoms with Gasteiger partial charge in [0.2, 0.25) is 11.2 Å². The molecule has 1 aromatic heterocycles. The molecule has 0 aliphatic carbocycles. The van der Waals surface area contributed by atoms with Crippen LogP contribution in [0.2, 0.25) is 0 Å². The van der Waals surface area contributed by atoms with Gasteiger partial charge in [-0.1, -0.05) is 35.5 Å². The van der Waals surface area contributed by atoms with Crippen molar-refractivity contribution < 1.29 is 17.5 Å².